The molecule has 0 aliphatic heterocycles. The van der Waals surface area contributed by atoms with Gasteiger partial charge in [0, 0.05) is 7.05 Å². The van der Waals surface area contributed by atoms with Gasteiger partial charge < -0.3 is 4.57 Å². The normalized spacial score (nSPS) is 11.3. The molecule has 102 valence electrons. The van der Waals surface area contributed by atoms with Crippen LogP contribution in [0.2, 0.25) is 0 Å². The Labute approximate surface area is 122 Å². The summed E-state index contributed by atoms with van der Waals surface area (Å²) in [5.41, 5.74) is 5.62. The molecule has 0 N–H and O–H groups in total. The molecule has 0 radical (unpaired) electrons. The monoisotopic (exact) mass is 274 g/mol. The standard InChI is InChI=1S/C17H14N4/c1-11-16(19-13-8-4-3-7-12(13)18-11)17-20-14-9-5-6-10-15(14)21(17)2/h3-10H,1-2H3. The van der Waals surface area contributed by atoms with E-state index in [1.165, 1.54) is 0 Å². The highest BCUT2D eigenvalue weighted by Gasteiger charge is 2.14. The summed E-state index contributed by atoms with van der Waals surface area (Å²) in [7, 11) is 2.01. The summed E-state index contributed by atoms with van der Waals surface area (Å²) < 4.78 is 2.07. The Kier molecular flexibility index (Phi) is 2.51. The van der Waals surface area contributed by atoms with E-state index in [9.17, 15) is 0 Å². The first kappa shape index (κ1) is 12.0. The highest BCUT2D eigenvalue weighted by atomic mass is 15.1. The quantitative estimate of drug-likeness (QED) is 0.533. The number of aromatic nitrogens is 4. The highest BCUT2D eigenvalue weighted by Crippen LogP contribution is 2.25. The van der Waals surface area contributed by atoms with Crippen LogP contribution in [0.3, 0.4) is 0 Å². The van der Waals surface area contributed by atoms with E-state index in [0.717, 1.165) is 39.3 Å². The molecule has 0 aliphatic carbocycles. The van der Waals surface area contributed by atoms with Gasteiger partial charge in [-0.05, 0) is 31.2 Å². The number of hydrogen-bond donors (Lipinski definition) is 0. The summed E-state index contributed by atoms with van der Waals surface area (Å²) in [6.45, 7) is 1.98. The molecule has 0 aliphatic rings. The Hall–Kier alpha value is -2.75. The van der Waals surface area contributed by atoms with Crippen molar-refractivity contribution in [2.75, 3.05) is 0 Å². The van der Waals surface area contributed by atoms with Gasteiger partial charge in [-0.2, -0.15) is 0 Å². The van der Waals surface area contributed by atoms with Crippen molar-refractivity contribution in [1.29, 1.82) is 0 Å². The van der Waals surface area contributed by atoms with Crippen molar-refractivity contribution >= 4 is 22.1 Å². The zero-order chi connectivity index (χ0) is 14.4. The van der Waals surface area contributed by atoms with Gasteiger partial charge in [-0.15, -0.1) is 0 Å². The summed E-state index contributed by atoms with van der Waals surface area (Å²) in [6.07, 6.45) is 0. The van der Waals surface area contributed by atoms with Gasteiger partial charge in [-0.25, -0.2) is 15.0 Å². The van der Waals surface area contributed by atoms with E-state index in [1.54, 1.807) is 0 Å². The summed E-state index contributed by atoms with van der Waals surface area (Å²) in [4.78, 5) is 14.1. The Morgan fingerprint density at radius 2 is 1.38 bits per heavy atom. The maximum atomic E-state index is 4.76. The van der Waals surface area contributed by atoms with Crippen molar-refractivity contribution < 1.29 is 0 Å². The van der Waals surface area contributed by atoms with Crippen LogP contribution in [0.5, 0.6) is 0 Å². The van der Waals surface area contributed by atoms with E-state index in [-0.39, 0.29) is 0 Å². The average molecular weight is 274 g/mol. The number of aryl methyl sites for hydroxylation is 2. The smallest absolute Gasteiger partial charge is 0.161 e. The number of fused-ring (bicyclic) bond motifs is 2. The lowest BCUT2D eigenvalue weighted by atomic mass is 10.2. The van der Waals surface area contributed by atoms with E-state index in [0.29, 0.717) is 0 Å². The van der Waals surface area contributed by atoms with Gasteiger partial charge in [0.05, 0.1) is 27.8 Å². The molecule has 0 atom stereocenters. The molecule has 4 heteroatoms. The fourth-order valence-corrected chi connectivity index (χ4v) is 2.66. The molecule has 0 amide bonds. The molecule has 0 saturated carbocycles. The van der Waals surface area contributed by atoms with Gasteiger partial charge in [0.1, 0.15) is 5.69 Å². The van der Waals surface area contributed by atoms with E-state index >= 15 is 0 Å². The van der Waals surface area contributed by atoms with Crippen molar-refractivity contribution in [1.82, 2.24) is 19.5 Å². The van der Waals surface area contributed by atoms with Crippen molar-refractivity contribution in [3.63, 3.8) is 0 Å². The Morgan fingerprint density at radius 3 is 2.10 bits per heavy atom. The zero-order valence-electron chi connectivity index (χ0n) is 11.9. The van der Waals surface area contributed by atoms with Gasteiger partial charge >= 0.3 is 0 Å². The second kappa shape index (κ2) is 4.38. The first-order valence-electron chi connectivity index (χ1n) is 6.89. The molecule has 0 unspecified atom stereocenters. The van der Waals surface area contributed by atoms with Crippen molar-refractivity contribution in [2.45, 2.75) is 6.92 Å². The van der Waals surface area contributed by atoms with Crippen LogP contribution in [0.1, 0.15) is 5.69 Å². The van der Waals surface area contributed by atoms with E-state index in [4.69, 9.17) is 9.97 Å². The SMILES string of the molecule is Cc1nc2ccccc2nc1-c1nc2ccccc2n1C. The molecule has 0 spiro atoms. The second-order valence-electron chi connectivity index (χ2n) is 5.13. The molecule has 2 aromatic carbocycles. The molecule has 4 nitrogen and oxygen atoms in total. The largest absolute Gasteiger partial charge is 0.326 e. The van der Waals surface area contributed by atoms with Crippen LogP contribution in [0.15, 0.2) is 48.5 Å². The predicted molar refractivity (Wildman–Crippen MR) is 84.0 cm³/mol. The Bertz CT molecular complexity index is 969. The number of para-hydroxylation sites is 4. The molecule has 2 heterocycles. The fraction of sp³-hybridized carbons (Fsp3) is 0.118. The van der Waals surface area contributed by atoms with Crippen LogP contribution < -0.4 is 0 Å². The second-order valence-corrected chi connectivity index (χ2v) is 5.13. The third kappa shape index (κ3) is 1.80. The Morgan fingerprint density at radius 1 is 0.762 bits per heavy atom. The summed E-state index contributed by atoms with van der Waals surface area (Å²) >= 11 is 0. The molecule has 4 rings (SSSR count). The summed E-state index contributed by atoms with van der Waals surface area (Å²) in [5, 5.41) is 0. The minimum atomic E-state index is 0.840. The predicted octanol–water partition coefficient (Wildman–Crippen LogP) is 3.49. The maximum absolute atomic E-state index is 4.76. The van der Waals surface area contributed by atoms with Crippen LogP contribution in [0.4, 0.5) is 0 Å². The first-order valence-corrected chi connectivity index (χ1v) is 6.89. The average Bonchev–Trinajstić information content (AvgIpc) is 2.84. The lowest BCUT2D eigenvalue weighted by Crippen LogP contribution is -2.00. The summed E-state index contributed by atoms with van der Waals surface area (Å²) in [5.74, 6) is 0.854. The highest BCUT2D eigenvalue weighted by molar-refractivity contribution is 5.82. The molecule has 0 fully saturated rings. The van der Waals surface area contributed by atoms with Gasteiger partial charge in [0.25, 0.3) is 0 Å². The molecule has 4 aromatic rings. The molecule has 0 bridgehead atoms. The number of hydrogen-bond acceptors (Lipinski definition) is 3. The van der Waals surface area contributed by atoms with E-state index in [1.807, 2.05) is 56.4 Å². The van der Waals surface area contributed by atoms with Crippen LogP contribution in [-0.4, -0.2) is 19.5 Å². The van der Waals surface area contributed by atoms with E-state index in [2.05, 4.69) is 15.6 Å². The number of rotatable bonds is 1. The first-order chi connectivity index (χ1) is 10.2. The number of nitrogens with zero attached hydrogens (tertiary/aromatic N) is 4. The summed E-state index contributed by atoms with van der Waals surface area (Å²) in [6, 6.07) is 16.0. The van der Waals surface area contributed by atoms with Crippen LogP contribution in [0.25, 0.3) is 33.6 Å². The molecular weight excluding hydrogens is 260 g/mol. The number of imidazole rings is 1. The van der Waals surface area contributed by atoms with Crippen LogP contribution in [-0.2, 0) is 7.05 Å². The maximum Gasteiger partial charge on any atom is 0.161 e. The van der Waals surface area contributed by atoms with Crippen molar-refractivity contribution in [3.05, 3.63) is 54.2 Å². The van der Waals surface area contributed by atoms with Crippen LogP contribution >= 0.6 is 0 Å². The topological polar surface area (TPSA) is 43.6 Å². The Balaban J connectivity index is 2.03. The van der Waals surface area contributed by atoms with Gasteiger partial charge in [-0.3, -0.25) is 0 Å². The molecule has 21 heavy (non-hydrogen) atoms. The lowest BCUT2D eigenvalue weighted by Gasteiger charge is -2.06. The third-order valence-electron chi connectivity index (χ3n) is 3.74. The fourth-order valence-electron chi connectivity index (χ4n) is 2.66. The molecular formula is C17H14N4. The van der Waals surface area contributed by atoms with Crippen molar-refractivity contribution in [2.24, 2.45) is 7.05 Å². The van der Waals surface area contributed by atoms with Crippen LogP contribution in [0, 0.1) is 6.92 Å². The zero-order valence-corrected chi connectivity index (χ0v) is 11.9. The third-order valence-corrected chi connectivity index (χ3v) is 3.74. The minimum absolute atomic E-state index is 0.840. The van der Waals surface area contributed by atoms with Crippen molar-refractivity contribution in [3.8, 4) is 11.5 Å². The van der Waals surface area contributed by atoms with Gasteiger partial charge in [0.15, 0.2) is 5.82 Å². The minimum Gasteiger partial charge on any atom is -0.326 e. The van der Waals surface area contributed by atoms with Gasteiger partial charge in [0.2, 0.25) is 0 Å². The number of benzene rings is 2. The lowest BCUT2D eigenvalue weighted by molar-refractivity contribution is 0.945. The van der Waals surface area contributed by atoms with E-state index < -0.39 is 0 Å². The van der Waals surface area contributed by atoms with Gasteiger partial charge in [-0.1, -0.05) is 24.3 Å². The molecule has 0 saturated heterocycles. The molecule has 2 aromatic heterocycles.